The summed E-state index contributed by atoms with van der Waals surface area (Å²) in [5.41, 5.74) is 4.89. The molecule has 0 unspecified atom stereocenters. The molecule has 0 aromatic heterocycles. The Kier molecular flexibility index (Phi) is 5.70. The molecular weight excluding hydrogens is 334 g/mol. The van der Waals surface area contributed by atoms with E-state index in [1.807, 2.05) is 42.5 Å². The van der Waals surface area contributed by atoms with Crippen LogP contribution in [-0.4, -0.2) is 48.2 Å². The minimum atomic E-state index is -0.882. The number of carbonyl (C=O) groups is 2. The molecule has 7 nitrogen and oxygen atoms in total. The molecular formula is C19H21N3O4. The molecule has 1 aliphatic rings. The third-order valence-corrected chi connectivity index (χ3v) is 4.29. The summed E-state index contributed by atoms with van der Waals surface area (Å²) in [5.74, 6) is -0.303. The van der Waals surface area contributed by atoms with Gasteiger partial charge in [0, 0.05) is 37.4 Å². The molecule has 3 rings (SSSR count). The van der Waals surface area contributed by atoms with Crippen molar-refractivity contribution < 1.29 is 19.5 Å². The lowest BCUT2D eigenvalue weighted by molar-refractivity contribution is 0.0233. The van der Waals surface area contributed by atoms with Gasteiger partial charge in [-0.3, -0.25) is 9.63 Å². The van der Waals surface area contributed by atoms with Crippen LogP contribution in [0.3, 0.4) is 0 Å². The minimum Gasteiger partial charge on any atom is -0.465 e. The van der Waals surface area contributed by atoms with Gasteiger partial charge in [0.05, 0.1) is 6.61 Å². The summed E-state index contributed by atoms with van der Waals surface area (Å²) in [6.07, 6.45) is -0.882. The van der Waals surface area contributed by atoms with Crippen molar-refractivity contribution in [3.63, 3.8) is 0 Å². The van der Waals surface area contributed by atoms with Crippen molar-refractivity contribution >= 4 is 17.7 Å². The number of anilines is 1. The van der Waals surface area contributed by atoms with E-state index < -0.39 is 6.09 Å². The van der Waals surface area contributed by atoms with Gasteiger partial charge < -0.3 is 14.9 Å². The molecule has 1 fully saturated rings. The Hall–Kier alpha value is -3.06. The zero-order chi connectivity index (χ0) is 18.4. The van der Waals surface area contributed by atoms with Crippen molar-refractivity contribution in [2.75, 3.05) is 31.1 Å². The van der Waals surface area contributed by atoms with E-state index in [9.17, 15) is 9.59 Å². The molecule has 2 aromatic carbocycles. The average molecular weight is 355 g/mol. The van der Waals surface area contributed by atoms with E-state index in [2.05, 4.69) is 10.4 Å². The largest absolute Gasteiger partial charge is 0.465 e. The lowest BCUT2D eigenvalue weighted by Gasteiger charge is -2.34. The van der Waals surface area contributed by atoms with Crippen molar-refractivity contribution in [3.05, 3.63) is 65.7 Å². The SMILES string of the molecule is O=C(NOCc1ccccc1)c1ccc(N2CCN(C(=O)O)CC2)cc1. The zero-order valence-electron chi connectivity index (χ0n) is 14.3. The van der Waals surface area contributed by atoms with E-state index in [0.29, 0.717) is 38.3 Å². The van der Waals surface area contributed by atoms with Gasteiger partial charge in [0.1, 0.15) is 0 Å². The van der Waals surface area contributed by atoms with Crippen LogP contribution >= 0.6 is 0 Å². The predicted octanol–water partition coefficient (Wildman–Crippen LogP) is 2.35. The third kappa shape index (κ3) is 4.52. The van der Waals surface area contributed by atoms with Gasteiger partial charge in [0.2, 0.25) is 0 Å². The van der Waals surface area contributed by atoms with E-state index in [4.69, 9.17) is 9.94 Å². The monoisotopic (exact) mass is 355 g/mol. The van der Waals surface area contributed by atoms with Gasteiger partial charge in [-0.25, -0.2) is 10.3 Å². The van der Waals surface area contributed by atoms with Gasteiger partial charge >= 0.3 is 6.09 Å². The number of rotatable bonds is 5. The van der Waals surface area contributed by atoms with Crippen molar-refractivity contribution in [2.45, 2.75) is 6.61 Å². The number of carbonyl (C=O) groups excluding carboxylic acids is 1. The number of benzene rings is 2. The average Bonchev–Trinajstić information content (AvgIpc) is 2.69. The highest BCUT2D eigenvalue weighted by molar-refractivity contribution is 5.93. The quantitative estimate of drug-likeness (QED) is 0.805. The lowest BCUT2D eigenvalue weighted by atomic mass is 10.1. The number of hydrogen-bond acceptors (Lipinski definition) is 4. The zero-order valence-corrected chi connectivity index (χ0v) is 14.3. The second-order valence-electron chi connectivity index (χ2n) is 6.01. The Labute approximate surface area is 151 Å². The number of nitrogens with zero attached hydrogens (tertiary/aromatic N) is 2. The van der Waals surface area contributed by atoms with Crippen LogP contribution in [0.4, 0.5) is 10.5 Å². The van der Waals surface area contributed by atoms with E-state index in [0.717, 1.165) is 11.3 Å². The van der Waals surface area contributed by atoms with Gasteiger partial charge in [0.25, 0.3) is 5.91 Å². The molecule has 0 saturated carbocycles. The smallest absolute Gasteiger partial charge is 0.407 e. The van der Waals surface area contributed by atoms with Crippen molar-refractivity contribution in [1.29, 1.82) is 0 Å². The van der Waals surface area contributed by atoms with Crippen molar-refractivity contribution in [2.24, 2.45) is 0 Å². The van der Waals surface area contributed by atoms with Crippen LogP contribution in [0.25, 0.3) is 0 Å². The van der Waals surface area contributed by atoms with Crippen LogP contribution in [0.15, 0.2) is 54.6 Å². The highest BCUT2D eigenvalue weighted by atomic mass is 16.6. The van der Waals surface area contributed by atoms with Crippen LogP contribution in [0.1, 0.15) is 15.9 Å². The van der Waals surface area contributed by atoms with Gasteiger partial charge in [-0.1, -0.05) is 30.3 Å². The Balaban J connectivity index is 1.49. The molecule has 2 aromatic rings. The maximum atomic E-state index is 12.1. The fourth-order valence-electron chi connectivity index (χ4n) is 2.80. The first kappa shape index (κ1) is 17.8. The van der Waals surface area contributed by atoms with E-state index in [1.54, 1.807) is 12.1 Å². The Morgan fingerprint density at radius 3 is 2.23 bits per heavy atom. The van der Waals surface area contributed by atoms with Crippen LogP contribution in [0.2, 0.25) is 0 Å². The van der Waals surface area contributed by atoms with Gasteiger partial charge in [-0.05, 0) is 29.8 Å². The fourth-order valence-corrected chi connectivity index (χ4v) is 2.80. The first-order chi connectivity index (χ1) is 12.6. The van der Waals surface area contributed by atoms with Crippen molar-refractivity contribution in [3.8, 4) is 0 Å². The molecule has 0 bridgehead atoms. The first-order valence-electron chi connectivity index (χ1n) is 8.42. The summed E-state index contributed by atoms with van der Waals surface area (Å²) in [7, 11) is 0. The Morgan fingerprint density at radius 2 is 1.62 bits per heavy atom. The second-order valence-corrected chi connectivity index (χ2v) is 6.01. The molecule has 0 spiro atoms. The van der Waals surface area contributed by atoms with E-state index >= 15 is 0 Å². The van der Waals surface area contributed by atoms with Crippen LogP contribution in [-0.2, 0) is 11.4 Å². The fraction of sp³-hybridized carbons (Fsp3) is 0.263. The number of amides is 2. The molecule has 1 heterocycles. The Morgan fingerprint density at radius 1 is 0.962 bits per heavy atom. The highest BCUT2D eigenvalue weighted by Crippen LogP contribution is 2.17. The maximum absolute atomic E-state index is 12.1. The topological polar surface area (TPSA) is 82.1 Å². The first-order valence-corrected chi connectivity index (χ1v) is 8.42. The summed E-state index contributed by atoms with van der Waals surface area (Å²) in [6.45, 7) is 2.53. The normalized spacial score (nSPS) is 14.2. The molecule has 1 aliphatic heterocycles. The number of hydrogen-bond donors (Lipinski definition) is 2. The summed E-state index contributed by atoms with van der Waals surface area (Å²) < 4.78 is 0. The van der Waals surface area contributed by atoms with Gasteiger partial charge in [0.15, 0.2) is 0 Å². The molecule has 0 aliphatic carbocycles. The molecule has 2 amide bonds. The summed E-state index contributed by atoms with van der Waals surface area (Å²) in [6, 6.07) is 16.8. The lowest BCUT2D eigenvalue weighted by Crippen LogP contribution is -2.48. The summed E-state index contributed by atoms with van der Waals surface area (Å²) in [5, 5.41) is 8.99. The van der Waals surface area contributed by atoms with Gasteiger partial charge in [-0.15, -0.1) is 0 Å². The van der Waals surface area contributed by atoms with Crippen LogP contribution in [0, 0.1) is 0 Å². The molecule has 2 N–H and O–H groups in total. The number of nitrogens with one attached hydrogen (secondary N) is 1. The van der Waals surface area contributed by atoms with Crippen molar-refractivity contribution in [1.82, 2.24) is 10.4 Å². The van der Waals surface area contributed by atoms with Crippen LogP contribution in [0.5, 0.6) is 0 Å². The molecule has 0 atom stereocenters. The predicted molar refractivity (Wildman–Crippen MR) is 97.0 cm³/mol. The van der Waals surface area contributed by atoms with E-state index in [1.165, 1.54) is 4.90 Å². The van der Waals surface area contributed by atoms with Gasteiger partial charge in [-0.2, -0.15) is 0 Å². The molecule has 136 valence electrons. The molecule has 1 saturated heterocycles. The number of hydroxylamine groups is 1. The van der Waals surface area contributed by atoms with E-state index in [-0.39, 0.29) is 5.91 Å². The summed E-state index contributed by atoms with van der Waals surface area (Å²) in [4.78, 5) is 31.8. The number of carboxylic acid groups (broad SMARTS) is 1. The standard InChI is InChI=1S/C19H21N3O4/c23-18(20-26-14-15-4-2-1-3-5-15)16-6-8-17(9-7-16)21-10-12-22(13-11-21)19(24)25/h1-9H,10-14H2,(H,20,23)(H,24,25). The number of piperazine rings is 1. The Bertz CT molecular complexity index is 741. The highest BCUT2D eigenvalue weighted by Gasteiger charge is 2.20. The third-order valence-electron chi connectivity index (χ3n) is 4.29. The second kappa shape index (κ2) is 8.35. The molecule has 0 radical (unpaired) electrons. The van der Waals surface area contributed by atoms with Crippen LogP contribution < -0.4 is 10.4 Å². The maximum Gasteiger partial charge on any atom is 0.407 e. The summed E-state index contributed by atoms with van der Waals surface area (Å²) >= 11 is 0. The minimum absolute atomic E-state index is 0.303. The molecule has 7 heteroatoms. The molecule has 26 heavy (non-hydrogen) atoms.